The lowest BCUT2D eigenvalue weighted by Crippen LogP contribution is -2.46. The van der Waals surface area contributed by atoms with Gasteiger partial charge in [0.25, 0.3) is 0 Å². The van der Waals surface area contributed by atoms with Crippen LogP contribution in [0.15, 0.2) is 0 Å². The molecule has 1 amide bonds. The predicted octanol–water partition coefficient (Wildman–Crippen LogP) is -0.0558. The van der Waals surface area contributed by atoms with E-state index in [0.717, 1.165) is 19.1 Å². The van der Waals surface area contributed by atoms with Crippen molar-refractivity contribution in [3.8, 4) is 0 Å². The zero-order valence-corrected chi connectivity index (χ0v) is 11.7. The Morgan fingerprint density at radius 2 is 1.88 bits per heavy atom. The Balaban J connectivity index is 2.61. The number of amides is 1. The first-order valence-corrected chi connectivity index (χ1v) is 7.86. The number of nitrogens with two attached hydrogens (primary N) is 1. The molecule has 1 aliphatic heterocycles. The number of rotatable bonds is 3. The maximum atomic E-state index is 11.9. The van der Waals surface area contributed by atoms with E-state index in [1.54, 1.807) is 4.90 Å². The molecule has 2 N–H and O–H groups in total. The monoisotopic (exact) mass is 278 g/mol. The van der Waals surface area contributed by atoms with Gasteiger partial charge in [0.1, 0.15) is 5.25 Å². The molecule has 0 aromatic rings. The van der Waals surface area contributed by atoms with Gasteiger partial charge < -0.3 is 10.6 Å². The lowest BCUT2D eigenvalue weighted by atomic mass is 9.97. The molecule has 0 saturated carbocycles. The molecule has 0 aliphatic carbocycles. The second-order valence-electron chi connectivity index (χ2n) is 4.47. The maximum Gasteiger partial charge on any atom is 0.240 e. The van der Waals surface area contributed by atoms with Crippen LogP contribution in [-0.2, 0) is 14.6 Å². The molecule has 17 heavy (non-hydrogen) atoms. The summed E-state index contributed by atoms with van der Waals surface area (Å²) in [6, 6.07) is 0. The standard InChI is InChI=1S/C10H18N2O3S2/c1-7(17(2,14)15)10(13)12-5-3-8(4-6-12)9(11)16/h7-8H,3-6H2,1-2H3,(H2,11,16). The quantitative estimate of drug-likeness (QED) is 0.732. The number of hydrogen-bond donors (Lipinski definition) is 1. The fourth-order valence-corrected chi connectivity index (χ4v) is 2.58. The van der Waals surface area contributed by atoms with Crippen molar-refractivity contribution in [3.05, 3.63) is 0 Å². The summed E-state index contributed by atoms with van der Waals surface area (Å²) in [6.07, 6.45) is 2.52. The minimum absolute atomic E-state index is 0.169. The van der Waals surface area contributed by atoms with Gasteiger partial charge in [-0.2, -0.15) is 0 Å². The van der Waals surface area contributed by atoms with Crippen molar-refractivity contribution in [2.24, 2.45) is 11.7 Å². The Bertz CT molecular complexity index is 411. The Kier molecular flexibility index (Phi) is 4.48. The van der Waals surface area contributed by atoms with Gasteiger partial charge >= 0.3 is 0 Å². The summed E-state index contributed by atoms with van der Waals surface area (Å²) in [5.74, 6) is -0.156. The largest absolute Gasteiger partial charge is 0.393 e. The van der Waals surface area contributed by atoms with Crippen LogP contribution >= 0.6 is 12.2 Å². The number of thiocarbonyl (C=S) groups is 1. The molecule has 5 nitrogen and oxygen atoms in total. The van der Waals surface area contributed by atoms with Gasteiger partial charge in [-0.15, -0.1) is 0 Å². The number of carbonyl (C=O) groups excluding carboxylic acids is 1. The molecular formula is C10H18N2O3S2. The van der Waals surface area contributed by atoms with Crippen LogP contribution in [0.25, 0.3) is 0 Å². The number of likely N-dealkylation sites (tertiary alicyclic amines) is 1. The van der Waals surface area contributed by atoms with Gasteiger partial charge in [0, 0.05) is 25.3 Å². The zero-order chi connectivity index (χ0) is 13.2. The molecule has 1 heterocycles. The fourth-order valence-electron chi connectivity index (χ4n) is 1.82. The molecule has 1 unspecified atom stereocenters. The van der Waals surface area contributed by atoms with E-state index in [0.29, 0.717) is 18.1 Å². The average Bonchev–Trinajstić information content (AvgIpc) is 2.26. The Morgan fingerprint density at radius 1 is 1.41 bits per heavy atom. The van der Waals surface area contributed by atoms with E-state index in [4.69, 9.17) is 18.0 Å². The predicted molar refractivity (Wildman–Crippen MR) is 70.4 cm³/mol. The van der Waals surface area contributed by atoms with Crippen molar-refractivity contribution in [1.29, 1.82) is 0 Å². The normalized spacial score (nSPS) is 20.0. The van der Waals surface area contributed by atoms with Gasteiger partial charge in [-0.25, -0.2) is 8.42 Å². The van der Waals surface area contributed by atoms with E-state index >= 15 is 0 Å². The molecule has 0 radical (unpaired) electrons. The van der Waals surface area contributed by atoms with Gasteiger partial charge in [-0.1, -0.05) is 12.2 Å². The number of nitrogens with zero attached hydrogens (tertiary/aromatic N) is 1. The number of carbonyl (C=O) groups is 1. The molecular weight excluding hydrogens is 260 g/mol. The van der Waals surface area contributed by atoms with Gasteiger partial charge in [-0.05, 0) is 19.8 Å². The minimum atomic E-state index is -3.32. The molecule has 7 heteroatoms. The Labute approximate surface area is 107 Å². The molecule has 1 atom stereocenters. The van der Waals surface area contributed by atoms with E-state index < -0.39 is 15.1 Å². The van der Waals surface area contributed by atoms with Crippen LogP contribution in [0.4, 0.5) is 0 Å². The molecule has 98 valence electrons. The van der Waals surface area contributed by atoms with E-state index in [1.807, 2.05) is 0 Å². The Morgan fingerprint density at radius 3 is 2.24 bits per heavy atom. The summed E-state index contributed by atoms with van der Waals surface area (Å²) in [7, 11) is -3.32. The highest BCUT2D eigenvalue weighted by atomic mass is 32.2. The minimum Gasteiger partial charge on any atom is -0.393 e. The molecule has 0 spiro atoms. The van der Waals surface area contributed by atoms with E-state index in [-0.39, 0.29) is 11.8 Å². The van der Waals surface area contributed by atoms with E-state index in [1.165, 1.54) is 6.92 Å². The van der Waals surface area contributed by atoms with Crippen LogP contribution in [0.5, 0.6) is 0 Å². The van der Waals surface area contributed by atoms with Crippen molar-refractivity contribution >= 4 is 33.0 Å². The number of sulfone groups is 1. The van der Waals surface area contributed by atoms with E-state index in [9.17, 15) is 13.2 Å². The van der Waals surface area contributed by atoms with Crippen LogP contribution < -0.4 is 5.73 Å². The second kappa shape index (κ2) is 5.30. The Hall–Kier alpha value is -0.690. The summed E-state index contributed by atoms with van der Waals surface area (Å²) in [5.41, 5.74) is 5.55. The first-order chi connectivity index (χ1) is 7.73. The summed E-state index contributed by atoms with van der Waals surface area (Å²) in [5, 5.41) is -0.969. The fraction of sp³-hybridized carbons (Fsp3) is 0.800. The highest BCUT2D eigenvalue weighted by molar-refractivity contribution is 7.92. The van der Waals surface area contributed by atoms with Gasteiger partial charge in [0.2, 0.25) is 5.91 Å². The van der Waals surface area contributed by atoms with E-state index in [2.05, 4.69) is 0 Å². The molecule has 1 fully saturated rings. The SMILES string of the molecule is CC(C(=O)N1CCC(C(N)=S)CC1)S(C)(=O)=O. The topological polar surface area (TPSA) is 80.5 Å². The molecule has 1 saturated heterocycles. The van der Waals surface area contributed by atoms with Crippen LogP contribution in [0.3, 0.4) is 0 Å². The summed E-state index contributed by atoms with van der Waals surface area (Å²) >= 11 is 4.91. The number of piperidine rings is 1. The van der Waals surface area contributed by atoms with Crippen molar-refractivity contribution in [1.82, 2.24) is 4.90 Å². The van der Waals surface area contributed by atoms with Crippen LogP contribution in [0, 0.1) is 5.92 Å². The molecule has 0 bridgehead atoms. The lowest BCUT2D eigenvalue weighted by Gasteiger charge is -2.32. The third-order valence-corrected chi connectivity index (χ3v) is 5.02. The third-order valence-electron chi connectivity index (χ3n) is 3.20. The zero-order valence-electron chi connectivity index (χ0n) is 10.0. The van der Waals surface area contributed by atoms with Crippen LogP contribution in [0.1, 0.15) is 19.8 Å². The second-order valence-corrected chi connectivity index (χ2v) is 7.31. The van der Waals surface area contributed by atoms with Crippen molar-refractivity contribution < 1.29 is 13.2 Å². The first kappa shape index (κ1) is 14.4. The first-order valence-electron chi connectivity index (χ1n) is 5.50. The average molecular weight is 278 g/mol. The number of hydrogen-bond acceptors (Lipinski definition) is 4. The van der Waals surface area contributed by atoms with Crippen molar-refractivity contribution in [2.45, 2.75) is 25.0 Å². The summed E-state index contributed by atoms with van der Waals surface area (Å²) in [4.78, 5) is 14.0. The van der Waals surface area contributed by atoms with Gasteiger partial charge in [0.15, 0.2) is 9.84 Å². The van der Waals surface area contributed by atoms with Crippen molar-refractivity contribution in [2.75, 3.05) is 19.3 Å². The highest BCUT2D eigenvalue weighted by Gasteiger charge is 2.31. The van der Waals surface area contributed by atoms with Crippen molar-refractivity contribution in [3.63, 3.8) is 0 Å². The lowest BCUT2D eigenvalue weighted by molar-refractivity contribution is -0.131. The van der Waals surface area contributed by atoms with Gasteiger partial charge in [-0.3, -0.25) is 4.79 Å². The van der Waals surface area contributed by atoms with Gasteiger partial charge in [0.05, 0.1) is 4.99 Å². The van der Waals surface area contributed by atoms with Crippen LogP contribution in [0.2, 0.25) is 0 Å². The highest BCUT2D eigenvalue weighted by Crippen LogP contribution is 2.19. The molecule has 0 aromatic carbocycles. The summed E-state index contributed by atoms with van der Waals surface area (Å²) < 4.78 is 22.6. The summed E-state index contributed by atoms with van der Waals surface area (Å²) in [6.45, 7) is 2.48. The smallest absolute Gasteiger partial charge is 0.240 e. The maximum absolute atomic E-state index is 11.9. The molecule has 0 aromatic heterocycles. The molecule has 1 aliphatic rings. The van der Waals surface area contributed by atoms with Crippen LogP contribution in [-0.4, -0.2) is 48.8 Å². The molecule has 1 rings (SSSR count). The third kappa shape index (κ3) is 3.64.